The van der Waals surface area contributed by atoms with Crippen LogP contribution in [0.3, 0.4) is 0 Å². The van der Waals surface area contributed by atoms with Gasteiger partial charge in [0.2, 0.25) is 0 Å². The van der Waals surface area contributed by atoms with Gasteiger partial charge in [0.05, 0.1) is 25.4 Å². The molecule has 0 spiro atoms. The molecule has 0 aliphatic heterocycles. The Bertz CT molecular complexity index is 584. The van der Waals surface area contributed by atoms with Crippen molar-refractivity contribution in [3.05, 3.63) is 41.4 Å². The van der Waals surface area contributed by atoms with E-state index in [1.807, 2.05) is 0 Å². The summed E-state index contributed by atoms with van der Waals surface area (Å²) in [5.74, 6) is -0.511. The van der Waals surface area contributed by atoms with Crippen molar-refractivity contribution in [3.8, 4) is 11.3 Å². The van der Waals surface area contributed by atoms with Gasteiger partial charge in [-0.2, -0.15) is 8.75 Å². The molecule has 17 heavy (non-hydrogen) atoms. The number of rotatable bonds is 2. The molecule has 0 saturated carbocycles. The summed E-state index contributed by atoms with van der Waals surface area (Å²) < 4.78 is 12.6. The average Bonchev–Trinajstić information content (AvgIpc) is 2.87. The third-order valence-electron chi connectivity index (χ3n) is 2.14. The predicted octanol–water partition coefficient (Wildman–Crippen LogP) is 2.54. The number of hydrogen-bond donors (Lipinski definition) is 0. The SMILES string of the molecule is [C-]#[N+]c1ccc(-c2nsnc2C(=O)OC)cc1. The molecule has 0 bridgehead atoms. The fourth-order valence-corrected chi connectivity index (χ4v) is 1.86. The largest absolute Gasteiger partial charge is 0.464 e. The first kappa shape index (κ1) is 11.2. The maximum atomic E-state index is 11.4. The predicted molar refractivity (Wildman–Crippen MR) is 62.9 cm³/mol. The Morgan fingerprint density at radius 2 is 2.06 bits per heavy atom. The molecule has 0 unspecified atom stereocenters. The van der Waals surface area contributed by atoms with Crippen LogP contribution in [0.15, 0.2) is 24.3 Å². The molecule has 1 aromatic heterocycles. The zero-order chi connectivity index (χ0) is 12.3. The Balaban J connectivity index is 2.43. The number of hydrogen-bond acceptors (Lipinski definition) is 5. The van der Waals surface area contributed by atoms with E-state index in [1.165, 1.54) is 7.11 Å². The van der Waals surface area contributed by atoms with Gasteiger partial charge in [-0.05, 0) is 0 Å². The van der Waals surface area contributed by atoms with Crippen molar-refractivity contribution in [1.29, 1.82) is 0 Å². The van der Waals surface area contributed by atoms with Crippen LogP contribution in [0.2, 0.25) is 0 Å². The Morgan fingerprint density at radius 3 is 2.65 bits per heavy atom. The van der Waals surface area contributed by atoms with Gasteiger partial charge < -0.3 is 4.74 Å². The van der Waals surface area contributed by atoms with E-state index in [4.69, 9.17) is 6.57 Å². The van der Waals surface area contributed by atoms with E-state index < -0.39 is 5.97 Å². The molecule has 0 N–H and O–H groups in total. The van der Waals surface area contributed by atoms with Gasteiger partial charge in [0.25, 0.3) is 0 Å². The van der Waals surface area contributed by atoms with E-state index in [0.29, 0.717) is 11.4 Å². The number of aromatic nitrogens is 2. The summed E-state index contributed by atoms with van der Waals surface area (Å²) >= 11 is 0.953. The summed E-state index contributed by atoms with van der Waals surface area (Å²) in [6.45, 7) is 6.85. The highest BCUT2D eigenvalue weighted by molar-refractivity contribution is 6.99. The molecule has 0 atom stereocenters. The van der Waals surface area contributed by atoms with Crippen molar-refractivity contribution in [3.63, 3.8) is 0 Å². The van der Waals surface area contributed by atoms with Crippen molar-refractivity contribution in [2.75, 3.05) is 7.11 Å². The van der Waals surface area contributed by atoms with Crippen LogP contribution >= 0.6 is 11.7 Å². The summed E-state index contributed by atoms with van der Waals surface area (Å²) in [6, 6.07) is 6.80. The van der Waals surface area contributed by atoms with E-state index in [-0.39, 0.29) is 5.69 Å². The number of benzene rings is 1. The first-order chi connectivity index (χ1) is 8.26. The first-order valence-electron chi connectivity index (χ1n) is 4.65. The Hall–Kier alpha value is -2.26. The zero-order valence-corrected chi connectivity index (χ0v) is 9.69. The highest BCUT2D eigenvalue weighted by Gasteiger charge is 2.18. The van der Waals surface area contributed by atoms with Gasteiger partial charge in [0.15, 0.2) is 11.4 Å². The molecule has 6 heteroatoms. The van der Waals surface area contributed by atoms with E-state index in [2.05, 4.69) is 18.3 Å². The lowest BCUT2D eigenvalue weighted by molar-refractivity contribution is 0.0596. The summed E-state index contributed by atoms with van der Waals surface area (Å²) in [5, 5.41) is 0. The van der Waals surface area contributed by atoms with Crippen LogP contribution in [0.4, 0.5) is 5.69 Å². The Labute approximate surface area is 102 Å². The fourth-order valence-electron chi connectivity index (χ4n) is 1.30. The van der Waals surface area contributed by atoms with Crippen LogP contribution in [-0.4, -0.2) is 21.8 Å². The van der Waals surface area contributed by atoms with Gasteiger partial charge in [-0.1, -0.05) is 24.3 Å². The Morgan fingerprint density at radius 1 is 1.35 bits per heavy atom. The van der Waals surface area contributed by atoms with Crippen LogP contribution in [0.25, 0.3) is 16.1 Å². The lowest BCUT2D eigenvalue weighted by Crippen LogP contribution is -2.03. The van der Waals surface area contributed by atoms with Gasteiger partial charge in [0, 0.05) is 5.56 Å². The van der Waals surface area contributed by atoms with Crippen molar-refractivity contribution in [2.24, 2.45) is 0 Å². The highest BCUT2D eigenvalue weighted by atomic mass is 32.1. The zero-order valence-electron chi connectivity index (χ0n) is 8.88. The molecule has 2 aromatic rings. The van der Waals surface area contributed by atoms with Crippen molar-refractivity contribution >= 4 is 23.4 Å². The number of carbonyl (C=O) groups excluding carboxylic acids is 1. The van der Waals surface area contributed by atoms with E-state index >= 15 is 0 Å². The molecular formula is C11H7N3O2S. The fraction of sp³-hybridized carbons (Fsp3) is 0.0909. The van der Waals surface area contributed by atoms with Crippen LogP contribution in [0.5, 0.6) is 0 Å². The molecule has 84 valence electrons. The van der Waals surface area contributed by atoms with E-state index in [0.717, 1.165) is 17.3 Å². The number of methoxy groups -OCH3 is 1. The van der Waals surface area contributed by atoms with Crippen molar-refractivity contribution in [1.82, 2.24) is 8.75 Å². The minimum atomic E-state index is -0.511. The average molecular weight is 245 g/mol. The minimum Gasteiger partial charge on any atom is -0.464 e. The van der Waals surface area contributed by atoms with Gasteiger partial charge in [-0.3, -0.25) is 0 Å². The quantitative estimate of drug-likeness (QED) is 0.602. The second-order valence-corrected chi connectivity index (χ2v) is 3.64. The number of ether oxygens (including phenoxy) is 1. The molecule has 0 radical (unpaired) electrons. The molecule has 2 rings (SSSR count). The molecule has 0 aliphatic rings. The first-order valence-corrected chi connectivity index (χ1v) is 5.38. The lowest BCUT2D eigenvalue weighted by atomic mass is 10.1. The second-order valence-electron chi connectivity index (χ2n) is 3.11. The normalized spacial score (nSPS) is 9.65. The molecule has 0 fully saturated rings. The van der Waals surface area contributed by atoms with Crippen molar-refractivity contribution < 1.29 is 9.53 Å². The summed E-state index contributed by atoms with van der Waals surface area (Å²) in [5.41, 5.74) is 1.97. The molecular weight excluding hydrogens is 238 g/mol. The molecule has 1 heterocycles. The molecule has 0 saturated heterocycles. The molecule has 0 aliphatic carbocycles. The number of carbonyl (C=O) groups is 1. The Kier molecular flexibility index (Phi) is 3.12. The number of nitrogens with zero attached hydrogens (tertiary/aromatic N) is 3. The maximum Gasteiger partial charge on any atom is 0.360 e. The third kappa shape index (κ3) is 2.14. The van der Waals surface area contributed by atoms with Gasteiger partial charge in [-0.15, -0.1) is 0 Å². The summed E-state index contributed by atoms with van der Waals surface area (Å²) in [6.07, 6.45) is 0. The van der Waals surface area contributed by atoms with Crippen LogP contribution in [0, 0.1) is 6.57 Å². The highest BCUT2D eigenvalue weighted by Crippen LogP contribution is 2.24. The standard InChI is InChI=1S/C11H7N3O2S/c1-12-8-5-3-7(4-6-8)9-10(11(15)16-2)14-17-13-9/h3-6H,2H3. The topological polar surface area (TPSA) is 56.4 Å². The van der Waals surface area contributed by atoms with Gasteiger partial charge >= 0.3 is 5.97 Å². The smallest absolute Gasteiger partial charge is 0.360 e. The molecule has 0 amide bonds. The van der Waals surface area contributed by atoms with Crippen LogP contribution in [-0.2, 0) is 4.74 Å². The minimum absolute atomic E-state index is 0.202. The molecule has 5 nitrogen and oxygen atoms in total. The number of esters is 1. The lowest BCUT2D eigenvalue weighted by Gasteiger charge is -1.99. The van der Waals surface area contributed by atoms with E-state index in [1.54, 1.807) is 24.3 Å². The maximum absolute atomic E-state index is 11.4. The summed E-state index contributed by atoms with van der Waals surface area (Å²) in [4.78, 5) is 14.7. The van der Waals surface area contributed by atoms with Gasteiger partial charge in [0.1, 0.15) is 5.69 Å². The third-order valence-corrected chi connectivity index (χ3v) is 2.67. The van der Waals surface area contributed by atoms with Crippen molar-refractivity contribution in [2.45, 2.75) is 0 Å². The second kappa shape index (κ2) is 4.72. The monoisotopic (exact) mass is 245 g/mol. The van der Waals surface area contributed by atoms with Crippen LogP contribution < -0.4 is 0 Å². The molecule has 1 aromatic carbocycles. The van der Waals surface area contributed by atoms with Crippen LogP contribution in [0.1, 0.15) is 10.5 Å². The van der Waals surface area contributed by atoms with Gasteiger partial charge in [-0.25, -0.2) is 9.64 Å². The summed E-state index contributed by atoms with van der Waals surface area (Å²) in [7, 11) is 1.30. The van der Waals surface area contributed by atoms with E-state index in [9.17, 15) is 4.79 Å².